The first-order chi connectivity index (χ1) is 7.69. The highest BCUT2D eigenvalue weighted by molar-refractivity contribution is 9.10. The van der Waals surface area contributed by atoms with Gasteiger partial charge in [0.1, 0.15) is 5.76 Å². The number of hydrazine groups is 1. The normalized spacial score (nSPS) is 12.9. The van der Waals surface area contributed by atoms with Crippen LogP contribution < -0.4 is 11.3 Å². The quantitative estimate of drug-likeness (QED) is 0.669. The number of nitrogens with two attached hydrogens (primary N) is 1. The van der Waals surface area contributed by atoms with Crippen molar-refractivity contribution in [2.24, 2.45) is 5.84 Å². The van der Waals surface area contributed by atoms with Crippen LogP contribution in [0.3, 0.4) is 0 Å². The maximum absolute atomic E-state index is 5.73. The van der Waals surface area contributed by atoms with Crippen LogP contribution in [0.4, 0.5) is 0 Å². The summed E-state index contributed by atoms with van der Waals surface area (Å²) in [6.07, 6.45) is 0.774. The van der Waals surface area contributed by atoms with Crippen LogP contribution in [0.1, 0.15) is 16.7 Å². The summed E-state index contributed by atoms with van der Waals surface area (Å²) in [4.78, 5) is 1.22. The van der Waals surface area contributed by atoms with Gasteiger partial charge in [0.25, 0.3) is 0 Å². The lowest BCUT2D eigenvalue weighted by molar-refractivity contribution is 0.418. The fraction of sp³-hybridized carbons (Fsp3) is 0.200. The molecule has 1 atom stereocenters. The average Bonchev–Trinajstić information content (AvgIpc) is 2.84. The zero-order valence-corrected chi connectivity index (χ0v) is 11.4. The zero-order chi connectivity index (χ0) is 11.5. The third kappa shape index (κ3) is 2.87. The van der Waals surface area contributed by atoms with Gasteiger partial charge in [-0.3, -0.25) is 5.84 Å². The number of rotatable bonds is 4. The van der Waals surface area contributed by atoms with E-state index in [-0.39, 0.29) is 6.04 Å². The monoisotopic (exact) mass is 320 g/mol. The Kier molecular flexibility index (Phi) is 4.05. The lowest BCUT2D eigenvalue weighted by Gasteiger charge is -2.11. The van der Waals surface area contributed by atoms with E-state index in [9.17, 15) is 0 Å². The summed E-state index contributed by atoms with van der Waals surface area (Å²) in [5, 5.41) is 2.42. The first-order valence-electron chi connectivity index (χ1n) is 4.63. The van der Waals surface area contributed by atoms with E-state index in [4.69, 9.17) is 21.9 Å². The molecule has 0 aliphatic rings. The van der Waals surface area contributed by atoms with Gasteiger partial charge in [-0.25, -0.2) is 5.43 Å². The van der Waals surface area contributed by atoms with Gasteiger partial charge < -0.3 is 4.42 Å². The summed E-state index contributed by atoms with van der Waals surface area (Å²) in [6, 6.07) is 5.55. The van der Waals surface area contributed by atoms with Gasteiger partial charge in [0, 0.05) is 21.2 Å². The van der Waals surface area contributed by atoms with Gasteiger partial charge >= 0.3 is 0 Å². The molecular formula is C10H10BrClN2OS. The molecule has 0 aliphatic carbocycles. The number of nitrogens with one attached hydrogen (secondary N) is 1. The number of hydrogen-bond acceptors (Lipinski definition) is 4. The van der Waals surface area contributed by atoms with Gasteiger partial charge in [0.2, 0.25) is 0 Å². The van der Waals surface area contributed by atoms with Crippen molar-refractivity contribution in [3.05, 3.63) is 43.9 Å². The van der Waals surface area contributed by atoms with E-state index >= 15 is 0 Å². The van der Waals surface area contributed by atoms with Crippen molar-refractivity contribution in [1.82, 2.24) is 5.43 Å². The standard InChI is InChI=1S/C10H10BrClN2OS/c11-6-3-7(16-5-6)4-8(14-13)9-1-2-10(12)15-9/h1-3,5,8,14H,4,13H2. The third-order valence-corrected chi connectivity index (χ3v) is 4.09. The maximum Gasteiger partial charge on any atom is 0.193 e. The molecule has 3 nitrogen and oxygen atoms in total. The lowest BCUT2D eigenvalue weighted by Crippen LogP contribution is -2.29. The largest absolute Gasteiger partial charge is 0.448 e. The van der Waals surface area contributed by atoms with Crippen molar-refractivity contribution in [2.75, 3.05) is 0 Å². The van der Waals surface area contributed by atoms with Gasteiger partial charge in [-0.1, -0.05) is 0 Å². The second kappa shape index (κ2) is 5.33. The Labute approximate surface area is 111 Å². The van der Waals surface area contributed by atoms with E-state index in [1.54, 1.807) is 17.4 Å². The zero-order valence-electron chi connectivity index (χ0n) is 8.24. The molecule has 0 amide bonds. The average molecular weight is 322 g/mol. The molecule has 0 fully saturated rings. The van der Waals surface area contributed by atoms with Crippen LogP contribution in [0.15, 0.2) is 32.5 Å². The summed E-state index contributed by atoms with van der Waals surface area (Å²) in [7, 11) is 0. The van der Waals surface area contributed by atoms with Gasteiger partial charge in [0.05, 0.1) is 6.04 Å². The molecule has 2 rings (SSSR count). The van der Waals surface area contributed by atoms with E-state index in [0.29, 0.717) is 5.22 Å². The summed E-state index contributed by atoms with van der Waals surface area (Å²) < 4.78 is 6.42. The van der Waals surface area contributed by atoms with E-state index < -0.39 is 0 Å². The summed E-state index contributed by atoms with van der Waals surface area (Å²) in [5.74, 6) is 6.26. The van der Waals surface area contributed by atoms with Crippen molar-refractivity contribution in [3.8, 4) is 0 Å². The van der Waals surface area contributed by atoms with E-state index in [2.05, 4.69) is 27.4 Å². The van der Waals surface area contributed by atoms with Crippen molar-refractivity contribution >= 4 is 38.9 Å². The van der Waals surface area contributed by atoms with Crippen LogP contribution in [-0.4, -0.2) is 0 Å². The first-order valence-corrected chi connectivity index (χ1v) is 6.68. The van der Waals surface area contributed by atoms with Crippen LogP contribution in [0.5, 0.6) is 0 Å². The molecular weight excluding hydrogens is 312 g/mol. The van der Waals surface area contributed by atoms with Crippen LogP contribution in [0.2, 0.25) is 5.22 Å². The van der Waals surface area contributed by atoms with Crippen molar-refractivity contribution < 1.29 is 4.42 Å². The lowest BCUT2D eigenvalue weighted by atomic mass is 10.1. The number of furan rings is 1. The topological polar surface area (TPSA) is 51.2 Å². The van der Waals surface area contributed by atoms with Crippen LogP contribution in [-0.2, 0) is 6.42 Å². The van der Waals surface area contributed by atoms with Gasteiger partial charge in [-0.2, -0.15) is 0 Å². The van der Waals surface area contributed by atoms with Gasteiger partial charge in [-0.15, -0.1) is 11.3 Å². The molecule has 3 N–H and O–H groups in total. The maximum atomic E-state index is 5.73. The van der Waals surface area contributed by atoms with Crippen LogP contribution in [0.25, 0.3) is 0 Å². The smallest absolute Gasteiger partial charge is 0.193 e. The molecule has 0 saturated heterocycles. The third-order valence-electron chi connectivity index (χ3n) is 2.17. The predicted octanol–water partition coefficient (Wildman–Crippen LogP) is 3.50. The molecule has 2 heterocycles. The van der Waals surface area contributed by atoms with Crippen LogP contribution in [0, 0.1) is 0 Å². The Morgan fingerprint density at radius 1 is 1.56 bits per heavy atom. The molecule has 0 aliphatic heterocycles. The summed E-state index contributed by atoms with van der Waals surface area (Å²) in [6.45, 7) is 0. The molecule has 86 valence electrons. The molecule has 0 radical (unpaired) electrons. The highest BCUT2D eigenvalue weighted by atomic mass is 79.9. The number of halogens is 2. The minimum atomic E-state index is -0.0574. The minimum Gasteiger partial charge on any atom is -0.448 e. The number of hydrogen-bond donors (Lipinski definition) is 2. The number of thiophene rings is 1. The summed E-state index contributed by atoms with van der Waals surface area (Å²) >= 11 is 10.8. The molecule has 0 aromatic carbocycles. The molecule has 16 heavy (non-hydrogen) atoms. The van der Waals surface area contributed by atoms with Gasteiger partial charge in [0.15, 0.2) is 5.22 Å². The van der Waals surface area contributed by atoms with Crippen molar-refractivity contribution in [2.45, 2.75) is 12.5 Å². The molecule has 0 saturated carbocycles. The Morgan fingerprint density at radius 2 is 2.38 bits per heavy atom. The molecule has 0 spiro atoms. The van der Waals surface area contributed by atoms with E-state index in [1.807, 2.05) is 11.4 Å². The van der Waals surface area contributed by atoms with Crippen LogP contribution >= 0.6 is 38.9 Å². The van der Waals surface area contributed by atoms with Crippen molar-refractivity contribution in [3.63, 3.8) is 0 Å². The van der Waals surface area contributed by atoms with E-state index in [0.717, 1.165) is 16.7 Å². The Bertz CT molecular complexity index is 471. The predicted molar refractivity (Wildman–Crippen MR) is 69.5 cm³/mol. The molecule has 2 aromatic heterocycles. The SMILES string of the molecule is NNC(Cc1cc(Br)cs1)c1ccc(Cl)o1. The Balaban J connectivity index is 2.12. The fourth-order valence-corrected chi connectivity index (χ4v) is 3.07. The first kappa shape index (κ1) is 12.1. The molecule has 0 bridgehead atoms. The Hall–Kier alpha value is -0.330. The highest BCUT2D eigenvalue weighted by Gasteiger charge is 2.15. The second-order valence-electron chi connectivity index (χ2n) is 3.30. The highest BCUT2D eigenvalue weighted by Crippen LogP contribution is 2.27. The molecule has 1 unspecified atom stereocenters. The summed E-state index contributed by atoms with van der Waals surface area (Å²) in [5.41, 5.74) is 2.73. The fourth-order valence-electron chi connectivity index (χ4n) is 1.42. The second-order valence-corrected chi connectivity index (χ2v) is 5.58. The van der Waals surface area contributed by atoms with Gasteiger partial charge in [-0.05, 0) is 45.7 Å². The molecule has 2 aromatic rings. The Morgan fingerprint density at radius 3 is 2.88 bits per heavy atom. The van der Waals surface area contributed by atoms with E-state index in [1.165, 1.54) is 4.88 Å². The molecule has 6 heteroatoms. The minimum absolute atomic E-state index is 0.0574. The van der Waals surface area contributed by atoms with Crippen molar-refractivity contribution in [1.29, 1.82) is 0 Å².